The fraction of sp³-hybridized carbons (Fsp3) is 0.500. The highest BCUT2D eigenvalue weighted by molar-refractivity contribution is 5.80. The molecule has 1 aromatic carbocycles. The molecule has 0 amide bonds. The van der Waals surface area contributed by atoms with Crippen LogP contribution in [0.5, 0.6) is 5.75 Å². The fourth-order valence-electron chi connectivity index (χ4n) is 2.36. The molecular formula is C14H15F4NO4. The van der Waals surface area contributed by atoms with Gasteiger partial charge in [0.25, 0.3) is 5.54 Å². The van der Waals surface area contributed by atoms with Crippen LogP contribution >= 0.6 is 0 Å². The lowest BCUT2D eigenvalue weighted by Gasteiger charge is -2.34. The van der Waals surface area contributed by atoms with E-state index >= 15 is 0 Å². The van der Waals surface area contributed by atoms with Gasteiger partial charge >= 0.3 is 12.1 Å². The monoisotopic (exact) mass is 337 g/mol. The molecule has 1 N–H and O–H groups in total. The van der Waals surface area contributed by atoms with Crippen molar-refractivity contribution in [3.63, 3.8) is 0 Å². The Morgan fingerprint density at radius 2 is 1.87 bits per heavy atom. The van der Waals surface area contributed by atoms with Gasteiger partial charge in [-0.3, -0.25) is 0 Å². The van der Waals surface area contributed by atoms with E-state index in [2.05, 4.69) is 0 Å². The van der Waals surface area contributed by atoms with Gasteiger partial charge in [-0.05, 0) is 28.8 Å². The van der Waals surface area contributed by atoms with Crippen molar-refractivity contribution in [1.29, 1.82) is 0 Å². The molecule has 0 bridgehead atoms. The van der Waals surface area contributed by atoms with E-state index in [1.54, 1.807) is 0 Å². The van der Waals surface area contributed by atoms with E-state index in [1.807, 2.05) is 5.18 Å². The summed E-state index contributed by atoms with van der Waals surface area (Å²) in [5, 5.41) is 10.8. The molecular weight excluding hydrogens is 322 g/mol. The van der Waals surface area contributed by atoms with Crippen LogP contribution in [0.2, 0.25) is 0 Å². The molecule has 0 radical (unpaired) electrons. The maximum atomic E-state index is 13.4. The zero-order chi connectivity index (χ0) is 18.1. The number of hydrogen-bond acceptors (Lipinski definition) is 4. The smallest absolute Gasteiger partial charge is 0.428 e. The Morgan fingerprint density at radius 3 is 2.26 bits per heavy atom. The van der Waals surface area contributed by atoms with Crippen molar-refractivity contribution in [3.05, 3.63) is 34.5 Å². The van der Waals surface area contributed by atoms with Crippen molar-refractivity contribution in [2.75, 3.05) is 7.11 Å². The van der Waals surface area contributed by atoms with Crippen LogP contribution in [0.3, 0.4) is 0 Å². The first-order valence-corrected chi connectivity index (χ1v) is 6.40. The van der Waals surface area contributed by atoms with E-state index in [9.17, 15) is 27.3 Å². The number of carboxylic acids is 1. The minimum absolute atomic E-state index is 0.00137. The number of methoxy groups -OCH3 is 1. The van der Waals surface area contributed by atoms with Gasteiger partial charge in [0, 0.05) is 12.0 Å². The summed E-state index contributed by atoms with van der Waals surface area (Å²) < 4.78 is 57.9. The number of alkyl halides is 3. The van der Waals surface area contributed by atoms with E-state index in [0.717, 1.165) is 12.1 Å². The molecule has 0 saturated heterocycles. The number of hydrogen-bond donors (Lipinski definition) is 1. The standard InChI is InChI=1S/C14H15F4NO4/c1-12(2,9-6-8(15)4-5-10(9)23-3)7-13(19-22,11(20)21)14(16,17)18/h4-6H,7H2,1-3H3,(H,20,21). The molecule has 1 atom stereocenters. The van der Waals surface area contributed by atoms with Crippen molar-refractivity contribution in [2.45, 2.75) is 37.4 Å². The normalized spacial score (nSPS) is 14.9. The molecule has 0 aliphatic heterocycles. The average Bonchev–Trinajstić information content (AvgIpc) is 2.43. The molecule has 9 heteroatoms. The van der Waals surface area contributed by atoms with Gasteiger partial charge in [0.15, 0.2) is 0 Å². The second-order valence-corrected chi connectivity index (χ2v) is 5.66. The highest BCUT2D eigenvalue weighted by Gasteiger charge is 2.65. The Morgan fingerprint density at radius 1 is 1.30 bits per heavy atom. The Bertz CT molecular complexity index is 615. The number of ether oxygens (including phenoxy) is 1. The first-order chi connectivity index (χ1) is 10.4. The van der Waals surface area contributed by atoms with Crippen LogP contribution in [0.4, 0.5) is 17.6 Å². The Labute approximate surface area is 129 Å². The van der Waals surface area contributed by atoms with E-state index in [4.69, 9.17) is 9.84 Å². The van der Waals surface area contributed by atoms with Crippen molar-refractivity contribution in [2.24, 2.45) is 5.18 Å². The number of nitrogens with zero attached hydrogens (tertiary/aromatic N) is 1. The number of halogens is 4. The van der Waals surface area contributed by atoms with Crippen molar-refractivity contribution >= 4 is 5.97 Å². The summed E-state index contributed by atoms with van der Waals surface area (Å²) >= 11 is 0. The van der Waals surface area contributed by atoms with Gasteiger partial charge in [-0.1, -0.05) is 13.8 Å². The summed E-state index contributed by atoms with van der Waals surface area (Å²) in [6, 6.07) is 3.19. The zero-order valence-electron chi connectivity index (χ0n) is 12.6. The Kier molecular flexibility index (Phi) is 5.03. The summed E-state index contributed by atoms with van der Waals surface area (Å²) in [6.07, 6.45) is -6.61. The van der Waals surface area contributed by atoms with Crippen molar-refractivity contribution < 1.29 is 32.2 Å². The molecule has 0 spiro atoms. The lowest BCUT2D eigenvalue weighted by atomic mass is 9.73. The van der Waals surface area contributed by atoms with Crippen LogP contribution in [-0.2, 0) is 10.2 Å². The molecule has 5 nitrogen and oxygen atoms in total. The second kappa shape index (κ2) is 6.13. The lowest BCUT2D eigenvalue weighted by molar-refractivity contribution is -0.205. The predicted octanol–water partition coefficient (Wildman–Crippen LogP) is 3.65. The lowest BCUT2D eigenvalue weighted by Crippen LogP contribution is -2.53. The van der Waals surface area contributed by atoms with Gasteiger partial charge in [0.05, 0.1) is 7.11 Å². The highest BCUT2D eigenvalue weighted by atomic mass is 19.4. The van der Waals surface area contributed by atoms with Gasteiger partial charge in [-0.25, -0.2) is 9.18 Å². The van der Waals surface area contributed by atoms with E-state index in [0.29, 0.717) is 0 Å². The van der Waals surface area contributed by atoms with Gasteiger partial charge in [-0.2, -0.15) is 13.2 Å². The fourth-order valence-corrected chi connectivity index (χ4v) is 2.36. The molecule has 0 heterocycles. The zero-order valence-corrected chi connectivity index (χ0v) is 12.6. The van der Waals surface area contributed by atoms with Crippen LogP contribution in [0.25, 0.3) is 0 Å². The van der Waals surface area contributed by atoms with E-state index in [1.165, 1.54) is 27.0 Å². The van der Waals surface area contributed by atoms with Crippen LogP contribution in [0.1, 0.15) is 25.8 Å². The molecule has 0 aliphatic carbocycles. The van der Waals surface area contributed by atoms with Crippen LogP contribution < -0.4 is 4.74 Å². The second-order valence-electron chi connectivity index (χ2n) is 5.66. The number of aliphatic carboxylic acids is 1. The summed E-state index contributed by atoms with van der Waals surface area (Å²) in [5.74, 6) is -3.08. The summed E-state index contributed by atoms with van der Waals surface area (Å²) in [6.45, 7) is 2.50. The average molecular weight is 337 g/mol. The van der Waals surface area contributed by atoms with Crippen LogP contribution in [0.15, 0.2) is 23.4 Å². The number of carboxylic acid groups (broad SMARTS) is 1. The Balaban J connectivity index is 3.46. The third kappa shape index (κ3) is 3.43. The third-order valence-electron chi connectivity index (χ3n) is 3.57. The number of rotatable bonds is 6. The van der Waals surface area contributed by atoms with Gasteiger partial charge < -0.3 is 9.84 Å². The van der Waals surface area contributed by atoms with E-state index in [-0.39, 0.29) is 11.3 Å². The third-order valence-corrected chi connectivity index (χ3v) is 3.57. The molecule has 0 saturated carbocycles. The molecule has 0 aliphatic rings. The molecule has 128 valence electrons. The summed E-state index contributed by atoms with van der Waals surface area (Å²) in [7, 11) is 1.24. The minimum atomic E-state index is -5.40. The molecule has 1 unspecified atom stereocenters. The molecule has 0 fully saturated rings. The maximum Gasteiger partial charge on any atom is 0.428 e. The number of benzene rings is 1. The van der Waals surface area contributed by atoms with Crippen molar-refractivity contribution in [1.82, 2.24) is 0 Å². The first kappa shape index (κ1) is 18.9. The summed E-state index contributed by atoms with van der Waals surface area (Å²) in [4.78, 5) is 21.9. The first-order valence-electron chi connectivity index (χ1n) is 6.40. The number of nitroso groups, excluding NO2 is 1. The van der Waals surface area contributed by atoms with Crippen LogP contribution in [-0.4, -0.2) is 29.9 Å². The van der Waals surface area contributed by atoms with E-state index < -0.39 is 35.3 Å². The topological polar surface area (TPSA) is 76.0 Å². The SMILES string of the molecule is COc1ccc(F)cc1C(C)(C)CC(N=O)(C(=O)O)C(F)(F)F. The van der Waals surface area contributed by atoms with Crippen LogP contribution in [0, 0.1) is 10.7 Å². The molecule has 1 rings (SSSR count). The quantitative estimate of drug-likeness (QED) is 0.635. The van der Waals surface area contributed by atoms with Gasteiger partial charge in [0.1, 0.15) is 11.6 Å². The van der Waals surface area contributed by atoms with Crippen molar-refractivity contribution in [3.8, 4) is 5.75 Å². The molecule has 1 aromatic rings. The summed E-state index contributed by atoms with van der Waals surface area (Å²) in [5.41, 5.74) is -5.40. The minimum Gasteiger partial charge on any atom is -0.496 e. The molecule has 23 heavy (non-hydrogen) atoms. The molecule has 0 aromatic heterocycles. The maximum absolute atomic E-state index is 13.4. The largest absolute Gasteiger partial charge is 0.496 e. The van der Waals surface area contributed by atoms with Gasteiger partial charge in [-0.15, -0.1) is 4.91 Å². The van der Waals surface area contributed by atoms with Gasteiger partial charge in [0.2, 0.25) is 0 Å². The Hall–Kier alpha value is -2.19. The highest BCUT2D eigenvalue weighted by Crippen LogP contribution is 2.45. The predicted molar refractivity (Wildman–Crippen MR) is 72.8 cm³/mol. The number of carbonyl (C=O) groups is 1.